The number of benzene rings is 1. The molecule has 0 radical (unpaired) electrons. The largest absolute Gasteiger partial charge is 0.463 e. The van der Waals surface area contributed by atoms with Crippen LogP contribution in [0.1, 0.15) is 25.3 Å². The van der Waals surface area contributed by atoms with Crippen molar-refractivity contribution >= 4 is 17.7 Å². The Labute approximate surface area is 116 Å². The zero-order valence-electron chi connectivity index (χ0n) is 11.0. The van der Waals surface area contributed by atoms with Crippen molar-refractivity contribution in [1.82, 2.24) is 0 Å². The number of rotatable bonds is 6. The second kappa shape index (κ2) is 7.69. The number of ether oxygens (including phenoxy) is 1. The second-order valence-corrected chi connectivity index (χ2v) is 3.90. The lowest BCUT2D eigenvalue weighted by molar-refractivity contribution is -0.384. The van der Waals surface area contributed by atoms with Gasteiger partial charge >= 0.3 is 5.97 Å². The van der Waals surface area contributed by atoms with E-state index in [0.717, 1.165) is 0 Å². The molecule has 0 saturated heterocycles. The SMILES string of the molecule is CCOC(=O)/C(=C/c1ccc([N+](=O)[O-])cc1)CCC#N. The first-order valence-electron chi connectivity index (χ1n) is 6.07. The molecule has 0 N–H and O–H groups in total. The Hall–Kier alpha value is -2.68. The summed E-state index contributed by atoms with van der Waals surface area (Å²) in [7, 11) is 0. The monoisotopic (exact) mass is 274 g/mol. The molecular weight excluding hydrogens is 260 g/mol. The molecule has 1 aromatic rings. The van der Waals surface area contributed by atoms with Gasteiger partial charge in [-0.05, 0) is 37.1 Å². The maximum Gasteiger partial charge on any atom is 0.334 e. The summed E-state index contributed by atoms with van der Waals surface area (Å²) in [5.74, 6) is -0.471. The van der Waals surface area contributed by atoms with Crippen LogP contribution >= 0.6 is 0 Å². The molecule has 6 nitrogen and oxygen atoms in total. The highest BCUT2D eigenvalue weighted by atomic mass is 16.6. The third-order valence-electron chi connectivity index (χ3n) is 2.49. The number of esters is 1. The van der Waals surface area contributed by atoms with Gasteiger partial charge in [0.05, 0.1) is 17.6 Å². The molecule has 0 aliphatic rings. The molecule has 0 aliphatic carbocycles. The lowest BCUT2D eigenvalue weighted by Crippen LogP contribution is -2.07. The van der Waals surface area contributed by atoms with Crippen molar-refractivity contribution in [3.63, 3.8) is 0 Å². The Morgan fingerprint density at radius 2 is 2.10 bits per heavy atom. The van der Waals surface area contributed by atoms with E-state index in [2.05, 4.69) is 0 Å². The third-order valence-corrected chi connectivity index (χ3v) is 2.49. The van der Waals surface area contributed by atoms with Crippen LogP contribution in [0.2, 0.25) is 0 Å². The molecule has 0 saturated carbocycles. The zero-order valence-corrected chi connectivity index (χ0v) is 11.0. The van der Waals surface area contributed by atoms with E-state index in [1.165, 1.54) is 12.1 Å². The number of nitro groups is 1. The highest BCUT2D eigenvalue weighted by molar-refractivity contribution is 5.93. The van der Waals surface area contributed by atoms with Gasteiger partial charge in [0.15, 0.2) is 0 Å². The third kappa shape index (κ3) is 4.53. The van der Waals surface area contributed by atoms with Gasteiger partial charge in [-0.15, -0.1) is 0 Å². The van der Waals surface area contributed by atoms with Crippen LogP contribution in [0.15, 0.2) is 29.8 Å². The van der Waals surface area contributed by atoms with E-state index in [4.69, 9.17) is 10.00 Å². The van der Waals surface area contributed by atoms with Crippen LogP contribution in [-0.2, 0) is 9.53 Å². The number of non-ortho nitro benzene ring substituents is 1. The Morgan fingerprint density at radius 3 is 2.60 bits per heavy atom. The Bertz CT molecular complexity index is 556. The fraction of sp³-hybridized carbons (Fsp3) is 0.286. The molecule has 1 aromatic carbocycles. The number of nitrogens with zero attached hydrogens (tertiary/aromatic N) is 2. The van der Waals surface area contributed by atoms with E-state index in [0.29, 0.717) is 11.1 Å². The van der Waals surface area contributed by atoms with Crippen LogP contribution in [0, 0.1) is 21.4 Å². The lowest BCUT2D eigenvalue weighted by Gasteiger charge is -2.05. The number of hydrogen-bond donors (Lipinski definition) is 0. The van der Waals surface area contributed by atoms with E-state index < -0.39 is 10.9 Å². The fourth-order valence-corrected chi connectivity index (χ4v) is 1.54. The van der Waals surface area contributed by atoms with Gasteiger partial charge in [0.2, 0.25) is 0 Å². The summed E-state index contributed by atoms with van der Waals surface area (Å²) in [6.07, 6.45) is 2.07. The molecular formula is C14H14N2O4. The molecule has 0 bridgehead atoms. The quantitative estimate of drug-likeness (QED) is 0.344. The van der Waals surface area contributed by atoms with Gasteiger partial charge in [-0.3, -0.25) is 10.1 Å². The molecule has 20 heavy (non-hydrogen) atoms. The molecule has 0 atom stereocenters. The predicted molar refractivity (Wildman–Crippen MR) is 72.6 cm³/mol. The average molecular weight is 274 g/mol. The molecule has 0 unspecified atom stereocenters. The topological polar surface area (TPSA) is 93.2 Å². The van der Waals surface area contributed by atoms with E-state index in [9.17, 15) is 14.9 Å². The molecule has 0 spiro atoms. The first kappa shape index (κ1) is 15.4. The maximum atomic E-state index is 11.7. The summed E-state index contributed by atoms with van der Waals surface area (Å²) >= 11 is 0. The first-order valence-corrected chi connectivity index (χ1v) is 6.07. The van der Waals surface area contributed by atoms with Crippen molar-refractivity contribution in [1.29, 1.82) is 5.26 Å². The molecule has 104 valence electrons. The van der Waals surface area contributed by atoms with Crippen molar-refractivity contribution in [2.24, 2.45) is 0 Å². The van der Waals surface area contributed by atoms with Crippen molar-refractivity contribution in [3.8, 4) is 6.07 Å². The number of nitriles is 1. The zero-order chi connectivity index (χ0) is 15.0. The highest BCUT2D eigenvalue weighted by Crippen LogP contribution is 2.17. The van der Waals surface area contributed by atoms with E-state index in [-0.39, 0.29) is 25.1 Å². The van der Waals surface area contributed by atoms with Crippen LogP contribution in [0.25, 0.3) is 6.08 Å². The van der Waals surface area contributed by atoms with E-state index in [1.807, 2.05) is 6.07 Å². The summed E-state index contributed by atoms with van der Waals surface area (Å²) in [5.41, 5.74) is 1.01. The lowest BCUT2D eigenvalue weighted by atomic mass is 10.1. The molecule has 0 aliphatic heterocycles. The summed E-state index contributed by atoms with van der Waals surface area (Å²) in [5, 5.41) is 19.1. The minimum absolute atomic E-state index is 0.0168. The Balaban J connectivity index is 2.96. The predicted octanol–water partition coefficient (Wildman–Crippen LogP) is 2.85. The molecule has 0 aromatic heterocycles. The molecule has 0 fully saturated rings. The number of nitro benzene ring substituents is 1. The van der Waals surface area contributed by atoms with Crippen LogP contribution in [0.5, 0.6) is 0 Å². The minimum Gasteiger partial charge on any atom is -0.463 e. The summed E-state index contributed by atoms with van der Waals surface area (Å²) < 4.78 is 4.91. The molecule has 6 heteroatoms. The number of carbonyl (C=O) groups is 1. The van der Waals surface area contributed by atoms with E-state index in [1.54, 1.807) is 25.1 Å². The van der Waals surface area contributed by atoms with Gasteiger partial charge in [-0.2, -0.15) is 5.26 Å². The molecule has 1 rings (SSSR count). The summed E-state index contributed by atoms with van der Waals surface area (Å²) in [6.45, 7) is 1.95. The first-order chi connectivity index (χ1) is 9.58. The van der Waals surface area contributed by atoms with Crippen molar-refractivity contribution < 1.29 is 14.5 Å². The fourth-order valence-electron chi connectivity index (χ4n) is 1.54. The van der Waals surface area contributed by atoms with Gasteiger partial charge in [-0.1, -0.05) is 0 Å². The second-order valence-electron chi connectivity index (χ2n) is 3.90. The van der Waals surface area contributed by atoms with Gasteiger partial charge in [-0.25, -0.2) is 4.79 Å². The van der Waals surface area contributed by atoms with Gasteiger partial charge in [0.1, 0.15) is 0 Å². The number of carbonyl (C=O) groups excluding carboxylic acids is 1. The van der Waals surface area contributed by atoms with Crippen LogP contribution < -0.4 is 0 Å². The minimum atomic E-state index is -0.491. The molecule has 0 amide bonds. The highest BCUT2D eigenvalue weighted by Gasteiger charge is 2.11. The van der Waals surface area contributed by atoms with Gasteiger partial charge < -0.3 is 4.74 Å². The maximum absolute atomic E-state index is 11.7. The normalized spacial score (nSPS) is 10.7. The Morgan fingerprint density at radius 1 is 1.45 bits per heavy atom. The molecule has 0 heterocycles. The van der Waals surface area contributed by atoms with Crippen LogP contribution in [0.3, 0.4) is 0 Å². The van der Waals surface area contributed by atoms with Gasteiger partial charge in [0, 0.05) is 24.1 Å². The van der Waals surface area contributed by atoms with Crippen molar-refractivity contribution in [2.45, 2.75) is 19.8 Å². The average Bonchev–Trinajstić information content (AvgIpc) is 2.44. The summed E-state index contributed by atoms with van der Waals surface area (Å²) in [4.78, 5) is 21.8. The van der Waals surface area contributed by atoms with Crippen LogP contribution in [0.4, 0.5) is 5.69 Å². The smallest absolute Gasteiger partial charge is 0.334 e. The van der Waals surface area contributed by atoms with Crippen molar-refractivity contribution in [3.05, 3.63) is 45.5 Å². The number of hydrogen-bond acceptors (Lipinski definition) is 5. The van der Waals surface area contributed by atoms with E-state index >= 15 is 0 Å². The summed E-state index contributed by atoms with van der Waals surface area (Å²) in [6, 6.07) is 7.78. The Kier molecular flexibility index (Phi) is 5.91. The van der Waals surface area contributed by atoms with Crippen molar-refractivity contribution in [2.75, 3.05) is 6.61 Å². The van der Waals surface area contributed by atoms with Gasteiger partial charge in [0.25, 0.3) is 5.69 Å². The standard InChI is InChI=1S/C14H14N2O4/c1-2-20-14(17)12(4-3-9-15)10-11-5-7-13(8-6-11)16(18)19/h5-8,10H,2-4H2,1H3/b12-10+. The van der Waals surface area contributed by atoms with Crippen LogP contribution in [-0.4, -0.2) is 17.5 Å².